The third-order valence-electron chi connectivity index (χ3n) is 2.88. The lowest BCUT2D eigenvalue weighted by Gasteiger charge is -2.14. The molecule has 0 radical (unpaired) electrons. The van der Waals surface area contributed by atoms with Gasteiger partial charge in [0.25, 0.3) is 0 Å². The van der Waals surface area contributed by atoms with Crippen molar-refractivity contribution in [3.05, 3.63) is 60.4 Å². The molecule has 0 aliphatic carbocycles. The van der Waals surface area contributed by atoms with E-state index in [1.807, 2.05) is 55.5 Å². The molecule has 1 aromatic heterocycles. The van der Waals surface area contributed by atoms with Crippen LogP contribution in [0.15, 0.2) is 54.7 Å². The lowest BCUT2D eigenvalue weighted by molar-refractivity contribution is 0.233. The predicted molar refractivity (Wildman–Crippen MR) is 81.1 cm³/mol. The van der Waals surface area contributed by atoms with Crippen molar-refractivity contribution in [1.29, 1.82) is 0 Å². The summed E-state index contributed by atoms with van der Waals surface area (Å²) >= 11 is 0. The molecule has 1 atom stereocenters. The zero-order valence-electron chi connectivity index (χ0n) is 12.0. The maximum Gasteiger partial charge on any atom is 0.315 e. The van der Waals surface area contributed by atoms with Gasteiger partial charge in [0, 0.05) is 6.20 Å². The summed E-state index contributed by atoms with van der Waals surface area (Å²) in [7, 11) is 0. The van der Waals surface area contributed by atoms with Crippen LogP contribution in [0.4, 0.5) is 4.79 Å². The summed E-state index contributed by atoms with van der Waals surface area (Å²) in [5, 5.41) is 5.58. The summed E-state index contributed by atoms with van der Waals surface area (Å²) < 4.78 is 5.49. The highest BCUT2D eigenvalue weighted by atomic mass is 16.5. The number of nitrogens with one attached hydrogen (secondary N) is 2. The molecule has 5 nitrogen and oxygen atoms in total. The number of rotatable bonds is 6. The van der Waals surface area contributed by atoms with E-state index in [-0.39, 0.29) is 12.1 Å². The lowest BCUT2D eigenvalue weighted by Crippen LogP contribution is -2.39. The zero-order valence-corrected chi connectivity index (χ0v) is 12.0. The molecule has 0 aliphatic heterocycles. The molecule has 2 aromatic rings. The fourth-order valence-corrected chi connectivity index (χ4v) is 1.80. The van der Waals surface area contributed by atoms with E-state index in [2.05, 4.69) is 15.6 Å². The number of aromatic nitrogens is 1. The van der Waals surface area contributed by atoms with E-state index >= 15 is 0 Å². The highest BCUT2D eigenvalue weighted by molar-refractivity contribution is 5.74. The topological polar surface area (TPSA) is 63.2 Å². The number of ether oxygens (including phenoxy) is 1. The molecule has 0 saturated heterocycles. The lowest BCUT2D eigenvalue weighted by atomic mass is 10.2. The molecule has 2 rings (SSSR count). The average molecular weight is 285 g/mol. The Morgan fingerprint density at radius 2 is 1.95 bits per heavy atom. The van der Waals surface area contributed by atoms with Crippen LogP contribution in [0.1, 0.15) is 18.7 Å². The van der Waals surface area contributed by atoms with Gasteiger partial charge in [0.2, 0.25) is 0 Å². The molecule has 2 amide bonds. The molecule has 0 aliphatic rings. The molecule has 5 heteroatoms. The quantitative estimate of drug-likeness (QED) is 0.802. The van der Waals surface area contributed by atoms with Crippen molar-refractivity contribution in [3.8, 4) is 5.75 Å². The third kappa shape index (κ3) is 5.14. The van der Waals surface area contributed by atoms with Crippen LogP contribution in [-0.2, 0) is 0 Å². The number of amides is 2. The number of carbonyl (C=O) groups excluding carboxylic acids is 1. The van der Waals surface area contributed by atoms with E-state index in [0.29, 0.717) is 13.2 Å². The maximum absolute atomic E-state index is 11.7. The Morgan fingerprint density at radius 3 is 2.67 bits per heavy atom. The van der Waals surface area contributed by atoms with Crippen LogP contribution < -0.4 is 15.4 Å². The summed E-state index contributed by atoms with van der Waals surface area (Å²) in [6, 6.07) is 14.7. The highest BCUT2D eigenvalue weighted by Gasteiger charge is 2.09. The van der Waals surface area contributed by atoms with E-state index in [4.69, 9.17) is 4.74 Å². The van der Waals surface area contributed by atoms with Gasteiger partial charge in [-0.05, 0) is 31.2 Å². The number of pyridine rings is 1. The van der Waals surface area contributed by atoms with Crippen LogP contribution in [0.2, 0.25) is 0 Å². The van der Waals surface area contributed by atoms with Crippen LogP contribution in [0, 0.1) is 0 Å². The SMILES string of the molecule is CC(NC(=O)NCCOc1ccccc1)c1ccccn1. The second-order valence-corrected chi connectivity index (χ2v) is 4.54. The van der Waals surface area contributed by atoms with E-state index in [1.54, 1.807) is 6.20 Å². The van der Waals surface area contributed by atoms with Gasteiger partial charge in [-0.25, -0.2) is 4.79 Å². The van der Waals surface area contributed by atoms with Crippen molar-refractivity contribution < 1.29 is 9.53 Å². The Kier molecular flexibility index (Phi) is 5.58. The number of nitrogens with zero attached hydrogens (tertiary/aromatic N) is 1. The normalized spacial score (nSPS) is 11.5. The van der Waals surface area contributed by atoms with Crippen LogP contribution in [0.5, 0.6) is 5.75 Å². The number of hydrogen-bond donors (Lipinski definition) is 2. The minimum Gasteiger partial charge on any atom is -0.492 e. The van der Waals surface area contributed by atoms with Crippen molar-refractivity contribution in [2.75, 3.05) is 13.2 Å². The standard InChI is InChI=1S/C16H19N3O2/c1-13(15-9-5-6-10-17-15)19-16(20)18-11-12-21-14-7-3-2-4-8-14/h2-10,13H,11-12H2,1H3,(H2,18,19,20). The van der Waals surface area contributed by atoms with Gasteiger partial charge in [0.1, 0.15) is 12.4 Å². The second-order valence-electron chi connectivity index (χ2n) is 4.54. The monoisotopic (exact) mass is 285 g/mol. The first-order chi connectivity index (χ1) is 10.3. The minimum atomic E-state index is -0.232. The molecule has 0 saturated carbocycles. The highest BCUT2D eigenvalue weighted by Crippen LogP contribution is 2.08. The van der Waals surface area contributed by atoms with Crippen LogP contribution in [0.3, 0.4) is 0 Å². The van der Waals surface area contributed by atoms with Gasteiger partial charge >= 0.3 is 6.03 Å². The summed E-state index contributed by atoms with van der Waals surface area (Å²) in [6.07, 6.45) is 1.71. The van der Waals surface area contributed by atoms with Crippen LogP contribution >= 0.6 is 0 Å². The van der Waals surface area contributed by atoms with Crippen molar-refractivity contribution in [2.24, 2.45) is 0 Å². The molecule has 0 spiro atoms. The molecule has 1 aromatic carbocycles. The summed E-state index contributed by atoms with van der Waals surface area (Å²) in [5.74, 6) is 0.793. The fourth-order valence-electron chi connectivity index (χ4n) is 1.80. The Balaban J connectivity index is 1.66. The average Bonchev–Trinajstić information content (AvgIpc) is 2.53. The van der Waals surface area contributed by atoms with Crippen molar-refractivity contribution in [2.45, 2.75) is 13.0 Å². The smallest absolute Gasteiger partial charge is 0.315 e. The molecular formula is C16H19N3O2. The van der Waals surface area contributed by atoms with Gasteiger partial charge < -0.3 is 15.4 Å². The predicted octanol–water partition coefficient (Wildman–Crippen LogP) is 2.52. The van der Waals surface area contributed by atoms with E-state index < -0.39 is 0 Å². The molecule has 0 fully saturated rings. The van der Waals surface area contributed by atoms with Crippen molar-refractivity contribution in [3.63, 3.8) is 0 Å². The van der Waals surface area contributed by atoms with Crippen LogP contribution in [0.25, 0.3) is 0 Å². The molecule has 0 bridgehead atoms. The zero-order chi connectivity index (χ0) is 14.9. The number of urea groups is 1. The van der Waals surface area contributed by atoms with E-state index in [1.165, 1.54) is 0 Å². The molecule has 110 valence electrons. The molecule has 1 unspecified atom stereocenters. The van der Waals surface area contributed by atoms with Crippen molar-refractivity contribution >= 4 is 6.03 Å². The minimum absolute atomic E-state index is 0.138. The van der Waals surface area contributed by atoms with Gasteiger partial charge in [-0.2, -0.15) is 0 Å². The molecular weight excluding hydrogens is 266 g/mol. The molecule has 2 N–H and O–H groups in total. The maximum atomic E-state index is 11.7. The first kappa shape index (κ1) is 14.8. The van der Waals surface area contributed by atoms with Gasteiger partial charge in [-0.15, -0.1) is 0 Å². The largest absolute Gasteiger partial charge is 0.492 e. The Hall–Kier alpha value is -2.56. The van der Waals surface area contributed by atoms with E-state index in [0.717, 1.165) is 11.4 Å². The van der Waals surface area contributed by atoms with Crippen molar-refractivity contribution in [1.82, 2.24) is 15.6 Å². The van der Waals surface area contributed by atoms with Gasteiger partial charge in [-0.3, -0.25) is 4.98 Å². The first-order valence-electron chi connectivity index (χ1n) is 6.89. The Labute approximate surface area is 124 Å². The van der Waals surface area contributed by atoms with Gasteiger partial charge in [0.15, 0.2) is 0 Å². The summed E-state index contributed by atoms with van der Waals surface area (Å²) in [5.41, 5.74) is 0.827. The molecule has 21 heavy (non-hydrogen) atoms. The number of carbonyl (C=O) groups is 1. The van der Waals surface area contributed by atoms with Crippen LogP contribution in [-0.4, -0.2) is 24.2 Å². The number of hydrogen-bond acceptors (Lipinski definition) is 3. The fraction of sp³-hybridized carbons (Fsp3) is 0.250. The molecule has 1 heterocycles. The number of benzene rings is 1. The third-order valence-corrected chi connectivity index (χ3v) is 2.88. The summed E-state index contributed by atoms with van der Waals surface area (Å²) in [4.78, 5) is 15.9. The Morgan fingerprint density at radius 1 is 1.19 bits per heavy atom. The van der Waals surface area contributed by atoms with Gasteiger partial charge in [-0.1, -0.05) is 24.3 Å². The number of para-hydroxylation sites is 1. The summed E-state index contributed by atoms with van der Waals surface area (Å²) in [6.45, 7) is 2.76. The first-order valence-corrected chi connectivity index (χ1v) is 6.89. The van der Waals surface area contributed by atoms with E-state index in [9.17, 15) is 4.79 Å². The van der Waals surface area contributed by atoms with Gasteiger partial charge in [0.05, 0.1) is 18.3 Å². The Bertz CT molecular complexity index is 546. The second kappa shape index (κ2) is 7.89.